The van der Waals surface area contributed by atoms with Gasteiger partial charge in [-0.2, -0.15) is 0 Å². The Morgan fingerprint density at radius 2 is 1.59 bits per heavy atom. The summed E-state index contributed by atoms with van der Waals surface area (Å²) in [4.78, 5) is 18.1. The van der Waals surface area contributed by atoms with Gasteiger partial charge >= 0.3 is 0 Å². The molecule has 0 spiro atoms. The van der Waals surface area contributed by atoms with Crippen LogP contribution in [0.5, 0.6) is 23.0 Å². The molecular formula is C30H37N3O5S. The monoisotopic (exact) mass is 551 g/mol. The van der Waals surface area contributed by atoms with E-state index in [1.54, 1.807) is 30.9 Å². The summed E-state index contributed by atoms with van der Waals surface area (Å²) in [5.41, 5.74) is 7.76. The zero-order valence-electron chi connectivity index (χ0n) is 22.8. The Morgan fingerprint density at radius 3 is 2.33 bits per heavy atom. The average Bonchev–Trinajstić information content (AvgIpc) is 2.97. The second-order valence-corrected chi connectivity index (χ2v) is 10.3. The minimum absolute atomic E-state index is 0.0856. The molecule has 1 aliphatic rings. The SMILES string of the molecule is COc1ccc(OCCN(CCN)CCCOc2ccc(C3Sc4ccccc4N(C)C3=O)cc2)cc1OC. The molecule has 1 aliphatic heterocycles. The smallest absolute Gasteiger partial charge is 0.244 e. The van der Waals surface area contributed by atoms with Gasteiger partial charge in [-0.05, 0) is 48.4 Å². The second-order valence-electron chi connectivity index (χ2n) is 9.13. The number of amides is 1. The van der Waals surface area contributed by atoms with E-state index in [4.69, 9.17) is 24.7 Å². The molecule has 1 heterocycles. The zero-order chi connectivity index (χ0) is 27.6. The first-order chi connectivity index (χ1) is 19.0. The number of fused-ring (bicyclic) bond motifs is 1. The van der Waals surface area contributed by atoms with Crippen LogP contribution in [0.15, 0.2) is 71.6 Å². The molecule has 1 amide bonds. The fourth-order valence-electron chi connectivity index (χ4n) is 4.45. The van der Waals surface area contributed by atoms with Crippen molar-refractivity contribution in [3.05, 3.63) is 72.3 Å². The van der Waals surface area contributed by atoms with E-state index in [2.05, 4.69) is 11.0 Å². The van der Waals surface area contributed by atoms with E-state index in [0.717, 1.165) is 53.7 Å². The molecule has 208 valence electrons. The second kappa shape index (κ2) is 14.1. The van der Waals surface area contributed by atoms with E-state index in [-0.39, 0.29) is 11.2 Å². The molecule has 4 rings (SSSR count). The van der Waals surface area contributed by atoms with Crippen molar-refractivity contribution in [1.82, 2.24) is 4.90 Å². The fourth-order valence-corrected chi connectivity index (χ4v) is 5.74. The predicted molar refractivity (Wildman–Crippen MR) is 156 cm³/mol. The first kappa shape index (κ1) is 28.6. The van der Waals surface area contributed by atoms with Crippen molar-refractivity contribution in [2.75, 3.05) is 65.6 Å². The van der Waals surface area contributed by atoms with Crippen molar-refractivity contribution < 1.29 is 23.7 Å². The lowest BCUT2D eigenvalue weighted by atomic mass is 10.1. The first-order valence-corrected chi connectivity index (χ1v) is 13.9. The number of rotatable bonds is 14. The van der Waals surface area contributed by atoms with Crippen molar-refractivity contribution in [3.8, 4) is 23.0 Å². The third-order valence-corrected chi connectivity index (χ3v) is 7.88. The van der Waals surface area contributed by atoms with E-state index in [0.29, 0.717) is 31.3 Å². The molecule has 39 heavy (non-hydrogen) atoms. The summed E-state index contributed by atoms with van der Waals surface area (Å²) < 4.78 is 22.5. The Labute approximate surface area is 235 Å². The Morgan fingerprint density at radius 1 is 0.872 bits per heavy atom. The lowest BCUT2D eigenvalue weighted by Gasteiger charge is -2.31. The van der Waals surface area contributed by atoms with Crippen LogP contribution in [0.3, 0.4) is 0 Å². The van der Waals surface area contributed by atoms with Gasteiger partial charge in [0.25, 0.3) is 0 Å². The number of nitrogens with zero attached hydrogens (tertiary/aromatic N) is 2. The number of carbonyl (C=O) groups is 1. The number of hydrogen-bond donors (Lipinski definition) is 1. The van der Waals surface area contributed by atoms with E-state index in [1.165, 1.54) is 0 Å². The van der Waals surface area contributed by atoms with Gasteiger partial charge in [-0.25, -0.2) is 0 Å². The lowest BCUT2D eigenvalue weighted by molar-refractivity contribution is -0.118. The molecule has 0 radical (unpaired) electrons. The summed E-state index contributed by atoms with van der Waals surface area (Å²) in [6.07, 6.45) is 0.858. The third kappa shape index (κ3) is 7.38. The van der Waals surface area contributed by atoms with Crippen LogP contribution in [0.1, 0.15) is 17.2 Å². The largest absolute Gasteiger partial charge is 0.494 e. The minimum atomic E-state index is -0.259. The summed E-state index contributed by atoms with van der Waals surface area (Å²) >= 11 is 1.60. The van der Waals surface area contributed by atoms with Gasteiger partial charge in [0.15, 0.2) is 11.5 Å². The molecule has 0 bridgehead atoms. The molecule has 1 atom stereocenters. The van der Waals surface area contributed by atoms with Gasteiger partial charge in [-0.15, -0.1) is 11.8 Å². The highest BCUT2D eigenvalue weighted by Crippen LogP contribution is 2.46. The molecule has 2 N–H and O–H groups in total. The number of likely N-dealkylation sites (N-methyl/N-ethyl adjacent to an activating group) is 1. The molecule has 0 aromatic heterocycles. The summed E-state index contributed by atoms with van der Waals surface area (Å²) in [5.74, 6) is 2.92. The number of ether oxygens (including phenoxy) is 4. The number of para-hydroxylation sites is 1. The van der Waals surface area contributed by atoms with Gasteiger partial charge in [0.1, 0.15) is 23.4 Å². The van der Waals surface area contributed by atoms with E-state index < -0.39 is 0 Å². The number of anilines is 1. The Bertz CT molecular complexity index is 1220. The van der Waals surface area contributed by atoms with Crippen molar-refractivity contribution in [3.63, 3.8) is 0 Å². The molecule has 0 saturated heterocycles. The van der Waals surface area contributed by atoms with Crippen LogP contribution in [0, 0.1) is 0 Å². The van der Waals surface area contributed by atoms with Gasteiger partial charge < -0.3 is 29.6 Å². The summed E-state index contributed by atoms with van der Waals surface area (Å²) in [5, 5.41) is -0.259. The minimum Gasteiger partial charge on any atom is -0.494 e. The van der Waals surface area contributed by atoms with E-state index in [1.807, 2.05) is 67.7 Å². The number of hydrogen-bond acceptors (Lipinski definition) is 8. The normalized spacial score (nSPS) is 14.7. The molecule has 0 fully saturated rings. The summed E-state index contributed by atoms with van der Waals surface area (Å²) in [6.45, 7) is 4.10. The maximum Gasteiger partial charge on any atom is 0.244 e. The highest BCUT2D eigenvalue weighted by atomic mass is 32.2. The van der Waals surface area contributed by atoms with Crippen LogP contribution in [-0.2, 0) is 4.79 Å². The number of carbonyl (C=O) groups excluding carboxylic acids is 1. The van der Waals surface area contributed by atoms with Gasteiger partial charge in [-0.1, -0.05) is 24.3 Å². The number of benzene rings is 3. The Balaban J connectivity index is 1.22. The van der Waals surface area contributed by atoms with Gasteiger partial charge in [-0.3, -0.25) is 9.69 Å². The van der Waals surface area contributed by atoms with Crippen molar-refractivity contribution in [2.24, 2.45) is 5.73 Å². The van der Waals surface area contributed by atoms with E-state index in [9.17, 15) is 4.79 Å². The van der Waals surface area contributed by atoms with Gasteiger partial charge in [0.05, 0.1) is 26.5 Å². The van der Waals surface area contributed by atoms with Crippen LogP contribution in [0.4, 0.5) is 5.69 Å². The molecule has 1 unspecified atom stereocenters. The maximum absolute atomic E-state index is 13.0. The standard InChI is InChI=1S/C30H37N3O5S/c1-32-25-7-4-5-8-28(25)39-29(30(32)34)22-9-11-23(12-10-22)37-19-6-16-33(17-15-31)18-20-38-24-13-14-26(35-2)27(21-24)36-3/h4-5,7-14,21,29H,6,15-20,31H2,1-3H3. The highest BCUT2D eigenvalue weighted by Gasteiger charge is 2.32. The van der Waals surface area contributed by atoms with Gasteiger partial charge in [0.2, 0.25) is 5.91 Å². The zero-order valence-corrected chi connectivity index (χ0v) is 23.6. The van der Waals surface area contributed by atoms with Crippen molar-refractivity contribution in [1.29, 1.82) is 0 Å². The Kier molecular flexibility index (Phi) is 10.4. The number of thioether (sulfide) groups is 1. The topological polar surface area (TPSA) is 86.5 Å². The molecule has 0 aliphatic carbocycles. The molecule has 9 heteroatoms. The van der Waals surface area contributed by atoms with Crippen molar-refractivity contribution in [2.45, 2.75) is 16.6 Å². The summed E-state index contributed by atoms with van der Waals surface area (Å²) in [7, 11) is 5.05. The van der Waals surface area contributed by atoms with Crippen LogP contribution < -0.4 is 29.6 Å². The predicted octanol–water partition coefficient (Wildman–Crippen LogP) is 4.62. The number of methoxy groups -OCH3 is 2. The third-order valence-electron chi connectivity index (χ3n) is 6.57. The van der Waals surface area contributed by atoms with Crippen LogP contribution >= 0.6 is 11.8 Å². The van der Waals surface area contributed by atoms with Crippen LogP contribution in [-0.4, -0.2) is 71.5 Å². The Hall–Kier alpha value is -3.40. The van der Waals surface area contributed by atoms with Crippen LogP contribution in [0.25, 0.3) is 0 Å². The van der Waals surface area contributed by atoms with E-state index >= 15 is 0 Å². The number of nitrogens with two attached hydrogens (primary N) is 1. The van der Waals surface area contributed by atoms with Crippen LogP contribution in [0.2, 0.25) is 0 Å². The molecule has 8 nitrogen and oxygen atoms in total. The first-order valence-electron chi connectivity index (χ1n) is 13.1. The quantitative estimate of drug-likeness (QED) is 0.291. The average molecular weight is 552 g/mol. The van der Waals surface area contributed by atoms with Gasteiger partial charge in [0, 0.05) is 44.2 Å². The molecule has 3 aromatic carbocycles. The van der Waals surface area contributed by atoms with Crippen molar-refractivity contribution >= 4 is 23.4 Å². The molecular weight excluding hydrogens is 514 g/mol. The molecule has 3 aromatic rings. The lowest BCUT2D eigenvalue weighted by Crippen LogP contribution is -2.34. The summed E-state index contributed by atoms with van der Waals surface area (Å²) in [6, 6.07) is 21.4. The highest BCUT2D eigenvalue weighted by molar-refractivity contribution is 8.00. The fraction of sp³-hybridized carbons (Fsp3) is 0.367. The molecule has 0 saturated carbocycles. The maximum atomic E-state index is 13.0.